The minimum atomic E-state index is -6.34. The lowest BCUT2D eigenvalue weighted by Crippen LogP contribution is -2.36. The fraction of sp³-hybridized carbons (Fsp3) is 0.667. The quantitative estimate of drug-likeness (QED) is 0.483. The minimum absolute atomic E-state index is 2.23. The van der Waals surface area contributed by atoms with Crippen molar-refractivity contribution in [3.8, 4) is 0 Å². The second-order valence-corrected chi connectivity index (χ2v) is 2.90. The van der Waals surface area contributed by atoms with Crippen molar-refractivity contribution >= 4 is 16.0 Å². The van der Waals surface area contributed by atoms with Crippen LogP contribution >= 0.6 is 0 Å². The molecule has 0 saturated heterocycles. The summed E-state index contributed by atoms with van der Waals surface area (Å²) in [6, 6.07) is 0. The molecular weight excluding hydrogens is 192 g/mol. The predicted molar refractivity (Wildman–Crippen MR) is 26.0 cm³/mol. The fourth-order valence-electron chi connectivity index (χ4n) is 0.214. The van der Waals surface area contributed by atoms with Crippen LogP contribution in [0.3, 0.4) is 0 Å². The van der Waals surface area contributed by atoms with Gasteiger partial charge in [0.05, 0.1) is 0 Å². The number of carbonyl (C=O) groups is 1. The van der Waals surface area contributed by atoms with E-state index in [9.17, 15) is 30.3 Å². The van der Waals surface area contributed by atoms with Gasteiger partial charge in [0.15, 0.2) is 6.67 Å². The van der Waals surface area contributed by atoms with Crippen LogP contribution in [0.4, 0.5) is 17.1 Å². The predicted octanol–water partition coefficient (Wildman–Crippen LogP) is 0.417. The van der Waals surface area contributed by atoms with Crippen molar-refractivity contribution in [1.82, 2.24) is 0 Å². The number of rotatable bonds is 3. The van der Waals surface area contributed by atoms with E-state index in [1.54, 1.807) is 0 Å². The molecule has 3 nitrogen and oxygen atoms in total. The molecule has 0 unspecified atom stereocenters. The third-order valence-electron chi connectivity index (χ3n) is 0.752. The molecule has 0 aromatic rings. The Hall–Kier alpha value is -0.660. The van der Waals surface area contributed by atoms with Gasteiger partial charge in [0.2, 0.25) is 0 Å². The van der Waals surface area contributed by atoms with Crippen LogP contribution in [-0.2, 0) is 15.0 Å². The first-order valence-corrected chi connectivity index (χ1v) is 3.53. The summed E-state index contributed by atoms with van der Waals surface area (Å²) in [5, 5.41) is -5.26. The Labute approximate surface area is 59.2 Å². The van der Waals surface area contributed by atoms with Crippen molar-refractivity contribution in [3.05, 3.63) is 0 Å². The zero-order valence-corrected chi connectivity index (χ0v) is 5.67. The molecule has 0 aromatic heterocycles. The highest BCUT2D eigenvalue weighted by molar-refractivity contribution is 7.88. The third-order valence-corrected chi connectivity index (χ3v) is 1.59. The number of Topliss-reactive ketones (excluding diaryl/α,β-unsaturated/α-hetero) is 1. The smallest absolute Gasteiger partial charge is 0.289 e. The standard InChI is InChI=1S/C3H2F4O3S/c4-1-2(8)3(5,6)11(7,9)10/h1H2. The zero-order valence-electron chi connectivity index (χ0n) is 4.85. The molecule has 0 aliphatic carbocycles. The molecule has 0 saturated carbocycles. The van der Waals surface area contributed by atoms with E-state index in [1.165, 1.54) is 0 Å². The Balaban J connectivity index is 4.90. The van der Waals surface area contributed by atoms with Crippen LogP contribution in [-0.4, -0.2) is 26.1 Å². The van der Waals surface area contributed by atoms with E-state index < -0.39 is 27.9 Å². The summed E-state index contributed by atoms with van der Waals surface area (Å²) in [4.78, 5) is 9.74. The average Bonchev–Trinajstić information content (AvgIpc) is 1.83. The van der Waals surface area contributed by atoms with Crippen molar-refractivity contribution in [2.45, 2.75) is 5.25 Å². The van der Waals surface area contributed by atoms with E-state index in [0.29, 0.717) is 0 Å². The Kier molecular flexibility index (Phi) is 2.60. The molecule has 0 aliphatic heterocycles. The maximum Gasteiger partial charge on any atom is 0.433 e. The van der Waals surface area contributed by atoms with Gasteiger partial charge in [-0.05, 0) is 0 Å². The molecule has 8 heteroatoms. The van der Waals surface area contributed by atoms with Gasteiger partial charge in [-0.2, -0.15) is 17.2 Å². The maximum atomic E-state index is 11.8. The Bertz CT molecular complexity index is 256. The van der Waals surface area contributed by atoms with Crippen LogP contribution in [0.5, 0.6) is 0 Å². The molecule has 0 bridgehead atoms. The number of ketones is 1. The SMILES string of the molecule is O=C(CF)C(F)(F)S(=O)(=O)F. The molecule has 0 rings (SSSR count). The lowest BCUT2D eigenvalue weighted by Gasteiger charge is -2.05. The normalized spacial score (nSPS) is 13.1. The first kappa shape index (κ1) is 10.3. The molecule has 0 atom stereocenters. The molecule has 0 fully saturated rings. The van der Waals surface area contributed by atoms with E-state index in [0.717, 1.165) is 0 Å². The van der Waals surface area contributed by atoms with E-state index in [1.807, 2.05) is 0 Å². The number of hydrogen-bond donors (Lipinski definition) is 0. The number of hydrogen-bond acceptors (Lipinski definition) is 3. The molecule has 11 heavy (non-hydrogen) atoms. The van der Waals surface area contributed by atoms with Crippen LogP contribution in [0.2, 0.25) is 0 Å². The average molecular weight is 194 g/mol. The van der Waals surface area contributed by atoms with Crippen LogP contribution < -0.4 is 0 Å². The highest BCUT2D eigenvalue weighted by Gasteiger charge is 2.52. The van der Waals surface area contributed by atoms with E-state index in [4.69, 9.17) is 0 Å². The number of alkyl halides is 3. The number of halogens is 4. The van der Waals surface area contributed by atoms with Crippen molar-refractivity contribution in [2.75, 3.05) is 6.67 Å². The second-order valence-electron chi connectivity index (χ2n) is 1.51. The molecule has 66 valence electrons. The van der Waals surface area contributed by atoms with Gasteiger partial charge in [-0.25, -0.2) is 4.39 Å². The topological polar surface area (TPSA) is 51.2 Å². The van der Waals surface area contributed by atoms with Gasteiger partial charge < -0.3 is 0 Å². The summed E-state index contributed by atoms with van der Waals surface area (Å²) in [6.07, 6.45) is 0. The van der Waals surface area contributed by atoms with Gasteiger partial charge in [0, 0.05) is 0 Å². The molecule has 0 radical (unpaired) electrons. The molecule has 0 spiro atoms. The first-order valence-electron chi connectivity index (χ1n) is 2.14. The van der Waals surface area contributed by atoms with Crippen molar-refractivity contribution in [3.63, 3.8) is 0 Å². The van der Waals surface area contributed by atoms with Gasteiger partial charge in [-0.15, -0.1) is 0 Å². The van der Waals surface area contributed by atoms with Gasteiger partial charge >= 0.3 is 15.5 Å². The highest BCUT2D eigenvalue weighted by atomic mass is 32.3. The maximum absolute atomic E-state index is 11.8. The number of carbonyl (C=O) groups excluding carboxylic acids is 1. The summed E-state index contributed by atoms with van der Waals surface area (Å²) >= 11 is 0. The molecule has 0 N–H and O–H groups in total. The largest absolute Gasteiger partial charge is 0.433 e. The minimum Gasteiger partial charge on any atom is -0.289 e. The molecular formula is C3H2F4O3S. The van der Waals surface area contributed by atoms with Gasteiger partial charge in [0.1, 0.15) is 0 Å². The summed E-state index contributed by atoms with van der Waals surface area (Å²) < 4.78 is 65.0. The first-order chi connectivity index (χ1) is 4.73. The summed E-state index contributed by atoms with van der Waals surface area (Å²) in [5.41, 5.74) is 0. The van der Waals surface area contributed by atoms with Crippen molar-refractivity contribution in [2.24, 2.45) is 0 Å². The Morgan fingerprint density at radius 1 is 1.36 bits per heavy atom. The third kappa shape index (κ3) is 1.88. The van der Waals surface area contributed by atoms with Crippen LogP contribution in [0, 0.1) is 0 Å². The summed E-state index contributed by atoms with van der Waals surface area (Å²) in [7, 11) is -6.34. The monoisotopic (exact) mass is 194 g/mol. The van der Waals surface area contributed by atoms with Crippen LogP contribution in [0.1, 0.15) is 0 Å². The highest BCUT2D eigenvalue weighted by Crippen LogP contribution is 2.24. The van der Waals surface area contributed by atoms with Crippen molar-refractivity contribution < 1.29 is 30.3 Å². The lowest BCUT2D eigenvalue weighted by molar-refractivity contribution is -0.134. The van der Waals surface area contributed by atoms with Crippen LogP contribution in [0.15, 0.2) is 0 Å². The van der Waals surface area contributed by atoms with Gasteiger partial charge in [0.25, 0.3) is 5.78 Å². The second kappa shape index (κ2) is 2.76. The van der Waals surface area contributed by atoms with E-state index in [2.05, 4.69) is 0 Å². The van der Waals surface area contributed by atoms with E-state index >= 15 is 0 Å². The molecule has 0 heterocycles. The van der Waals surface area contributed by atoms with Crippen molar-refractivity contribution in [1.29, 1.82) is 0 Å². The zero-order chi connectivity index (χ0) is 9.28. The van der Waals surface area contributed by atoms with E-state index in [-0.39, 0.29) is 0 Å². The summed E-state index contributed by atoms with van der Waals surface area (Å²) in [6.45, 7) is -2.23. The lowest BCUT2D eigenvalue weighted by atomic mass is 10.4. The Morgan fingerprint density at radius 2 is 1.73 bits per heavy atom. The molecule has 0 aromatic carbocycles. The summed E-state index contributed by atoms with van der Waals surface area (Å²) in [5.74, 6) is -2.61. The molecule has 0 amide bonds. The molecule has 0 aliphatic rings. The van der Waals surface area contributed by atoms with Gasteiger partial charge in [-0.3, -0.25) is 4.79 Å². The fourth-order valence-corrected chi connectivity index (χ4v) is 0.540. The Morgan fingerprint density at radius 3 is 1.82 bits per heavy atom. The van der Waals surface area contributed by atoms with Gasteiger partial charge in [-0.1, -0.05) is 3.89 Å². The van der Waals surface area contributed by atoms with Crippen LogP contribution in [0.25, 0.3) is 0 Å².